The highest BCUT2D eigenvalue weighted by molar-refractivity contribution is 5.95. The van der Waals surface area contributed by atoms with Crippen LogP contribution in [0, 0.1) is 6.92 Å². The van der Waals surface area contributed by atoms with Gasteiger partial charge in [0.1, 0.15) is 5.82 Å². The van der Waals surface area contributed by atoms with Crippen LogP contribution in [0.2, 0.25) is 0 Å². The fourth-order valence-corrected chi connectivity index (χ4v) is 4.00. The molecule has 25 heavy (non-hydrogen) atoms. The average molecular weight is 346 g/mol. The average Bonchev–Trinajstić information content (AvgIpc) is 2.95. The lowest BCUT2D eigenvalue weighted by Gasteiger charge is -2.31. The molecule has 2 fully saturated rings. The summed E-state index contributed by atoms with van der Waals surface area (Å²) in [5.74, 6) is 0.998. The number of aromatic nitrogens is 1. The highest BCUT2D eigenvalue weighted by Gasteiger charge is 2.34. The van der Waals surface area contributed by atoms with Crippen LogP contribution in [0.15, 0.2) is 12.1 Å². The molecule has 0 saturated carbocycles. The van der Waals surface area contributed by atoms with Crippen LogP contribution in [0.5, 0.6) is 0 Å². The summed E-state index contributed by atoms with van der Waals surface area (Å²) in [6.07, 6.45) is 2.32. The summed E-state index contributed by atoms with van der Waals surface area (Å²) in [6, 6.07) is 4.73. The standard InChI is InChI=1S/C19H30N4O2/c1-13-5-6-14(2)23(13)16(4)19(24)21-17-7-8-18(20-15(17)3)22-9-11-25-12-10-22/h7-8,13-14,16H,5-6,9-12H2,1-4H3,(H,21,24)/t13-,14-,16+/m1/s1. The summed E-state index contributed by atoms with van der Waals surface area (Å²) < 4.78 is 5.39. The number of rotatable bonds is 4. The van der Waals surface area contributed by atoms with Gasteiger partial charge in [-0.3, -0.25) is 9.69 Å². The van der Waals surface area contributed by atoms with Crippen LogP contribution >= 0.6 is 0 Å². The lowest BCUT2D eigenvalue weighted by molar-refractivity contribution is -0.121. The third kappa shape index (κ3) is 3.96. The van der Waals surface area contributed by atoms with Crippen LogP contribution in [0.4, 0.5) is 11.5 Å². The number of carbonyl (C=O) groups excluding carboxylic acids is 1. The molecule has 0 aromatic carbocycles. The molecule has 3 rings (SSSR count). The highest BCUT2D eigenvalue weighted by atomic mass is 16.5. The van der Waals surface area contributed by atoms with E-state index < -0.39 is 0 Å². The van der Waals surface area contributed by atoms with Gasteiger partial charge in [-0.05, 0) is 52.7 Å². The molecule has 3 atom stereocenters. The van der Waals surface area contributed by atoms with E-state index in [0.29, 0.717) is 12.1 Å². The Morgan fingerprint density at radius 2 is 1.88 bits per heavy atom. The van der Waals surface area contributed by atoms with Crippen molar-refractivity contribution in [1.82, 2.24) is 9.88 Å². The van der Waals surface area contributed by atoms with Gasteiger partial charge in [0.15, 0.2) is 0 Å². The van der Waals surface area contributed by atoms with Crippen molar-refractivity contribution in [3.63, 3.8) is 0 Å². The molecule has 2 aliphatic rings. The molecule has 0 unspecified atom stereocenters. The normalized spacial score (nSPS) is 25.8. The third-order valence-corrected chi connectivity index (χ3v) is 5.51. The Morgan fingerprint density at radius 1 is 1.24 bits per heavy atom. The Kier molecular flexibility index (Phi) is 5.59. The number of carbonyl (C=O) groups is 1. The van der Waals surface area contributed by atoms with Crippen molar-refractivity contribution < 1.29 is 9.53 Å². The molecule has 1 aromatic heterocycles. The number of nitrogens with zero attached hydrogens (tertiary/aromatic N) is 3. The first-order valence-corrected chi connectivity index (χ1v) is 9.36. The van der Waals surface area contributed by atoms with Gasteiger partial charge in [-0.2, -0.15) is 0 Å². The molecular formula is C19H30N4O2. The summed E-state index contributed by atoms with van der Waals surface area (Å²) in [6.45, 7) is 11.6. The van der Waals surface area contributed by atoms with Crippen LogP contribution in [0.25, 0.3) is 0 Å². The van der Waals surface area contributed by atoms with Crippen molar-refractivity contribution in [3.8, 4) is 0 Å². The van der Waals surface area contributed by atoms with E-state index in [0.717, 1.165) is 56.3 Å². The number of amides is 1. The molecule has 0 spiro atoms. The molecule has 6 heteroatoms. The van der Waals surface area contributed by atoms with Crippen molar-refractivity contribution in [2.75, 3.05) is 36.5 Å². The van der Waals surface area contributed by atoms with E-state index in [4.69, 9.17) is 4.74 Å². The topological polar surface area (TPSA) is 57.7 Å². The van der Waals surface area contributed by atoms with E-state index in [1.165, 1.54) is 0 Å². The van der Waals surface area contributed by atoms with Crippen molar-refractivity contribution in [1.29, 1.82) is 0 Å². The van der Waals surface area contributed by atoms with Gasteiger partial charge in [0.05, 0.1) is 30.6 Å². The maximum Gasteiger partial charge on any atom is 0.241 e. The molecule has 3 heterocycles. The smallest absolute Gasteiger partial charge is 0.241 e. The zero-order valence-electron chi connectivity index (χ0n) is 15.8. The van der Waals surface area contributed by atoms with Crippen molar-refractivity contribution in [2.45, 2.75) is 58.7 Å². The van der Waals surface area contributed by atoms with Gasteiger partial charge in [-0.25, -0.2) is 4.98 Å². The van der Waals surface area contributed by atoms with Gasteiger partial charge in [-0.1, -0.05) is 0 Å². The highest BCUT2D eigenvalue weighted by Crippen LogP contribution is 2.27. The molecule has 0 bridgehead atoms. The van der Waals surface area contributed by atoms with E-state index in [2.05, 4.69) is 33.9 Å². The Morgan fingerprint density at radius 3 is 2.48 bits per heavy atom. The number of ether oxygens (including phenoxy) is 1. The van der Waals surface area contributed by atoms with Gasteiger partial charge in [-0.15, -0.1) is 0 Å². The third-order valence-electron chi connectivity index (χ3n) is 5.51. The second kappa shape index (κ2) is 7.70. The number of likely N-dealkylation sites (tertiary alicyclic amines) is 1. The number of nitrogens with one attached hydrogen (secondary N) is 1. The number of aryl methyl sites for hydroxylation is 1. The summed E-state index contributed by atoms with van der Waals surface area (Å²) >= 11 is 0. The number of morpholine rings is 1. The second-order valence-electron chi connectivity index (χ2n) is 7.29. The summed E-state index contributed by atoms with van der Waals surface area (Å²) in [4.78, 5) is 21.9. The summed E-state index contributed by atoms with van der Waals surface area (Å²) in [5, 5.41) is 3.07. The molecule has 1 N–H and O–H groups in total. The Labute approximate surface area is 150 Å². The molecular weight excluding hydrogens is 316 g/mol. The number of pyridine rings is 1. The first-order valence-electron chi connectivity index (χ1n) is 9.36. The van der Waals surface area contributed by atoms with E-state index in [-0.39, 0.29) is 11.9 Å². The lowest BCUT2D eigenvalue weighted by atomic mass is 10.2. The van der Waals surface area contributed by atoms with Gasteiger partial charge in [0, 0.05) is 25.2 Å². The van der Waals surface area contributed by atoms with E-state index >= 15 is 0 Å². The molecule has 2 aliphatic heterocycles. The number of hydrogen-bond acceptors (Lipinski definition) is 5. The van der Waals surface area contributed by atoms with Crippen molar-refractivity contribution in [2.24, 2.45) is 0 Å². The predicted octanol–water partition coefficient (Wildman–Crippen LogP) is 2.43. The maximum absolute atomic E-state index is 12.7. The maximum atomic E-state index is 12.7. The zero-order chi connectivity index (χ0) is 18.0. The minimum Gasteiger partial charge on any atom is -0.378 e. The molecule has 0 radical (unpaired) electrons. The predicted molar refractivity (Wildman–Crippen MR) is 100 cm³/mol. The molecule has 1 amide bonds. The van der Waals surface area contributed by atoms with E-state index in [9.17, 15) is 4.79 Å². The van der Waals surface area contributed by atoms with E-state index in [1.807, 2.05) is 26.0 Å². The monoisotopic (exact) mass is 346 g/mol. The Bertz CT molecular complexity index is 605. The number of hydrogen-bond donors (Lipinski definition) is 1. The van der Waals surface area contributed by atoms with Crippen LogP contribution in [-0.4, -0.2) is 60.2 Å². The van der Waals surface area contributed by atoms with Crippen LogP contribution < -0.4 is 10.2 Å². The minimum absolute atomic E-state index is 0.0459. The fourth-order valence-electron chi connectivity index (χ4n) is 4.00. The molecule has 138 valence electrons. The first-order chi connectivity index (χ1) is 12.0. The van der Waals surface area contributed by atoms with Gasteiger partial charge < -0.3 is 15.0 Å². The molecule has 2 saturated heterocycles. The quantitative estimate of drug-likeness (QED) is 0.907. The van der Waals surface area contributed by atoms with Crippen LogP contribution in [-0.2, 0) is 9.53 Å². The fraction of sp³-hybridized carbons (Fsp3) is 0.684. The lowest BCUT2D eigenvalue weighted by Crippen LogP contribution is -2.47. The zero-order valence-corrected chi connectivity index (χ0v) is 15.8. The van der Waals surface area contributed by atoms with E-state index in [1.54, 1.807) is 0 Å². The van der Waals surface area contributed by atoms with Gasteiger partial charge >= 0.3 is 0 Å². The summed E-state index contributed by atoms with van der Waals surface area (Å²) in [5.41, 5.74) is 1.65. The SMILES string of the molecule is Cc1nc(N2CCOCC2)ccc1NC(=O)[C@H](C)N1[C@H](C)CC[C@H]1C. The molecule has 1 aromatic rings. The first kappa shape index (κ1) is 18.1. The van der Waals surface area contributed by atoms with Crippen LogP contribution in [0.1, 0.15) is 39.3 Å². The van der Waals surface area contributed by atoms with Gasteiger partial charge in [0.2, 0.25) is 5.91 Å². The van der Waals surface area contributed by atoms with Crippen molar-refractivity contribution in [3.05, 3.63) is 17.8 Å². The second-order valence-corrected chi connectivity index (χ2v) is 7.29. The molecule has 0 aliphatic carbocycles. The Balaban J connectivity index is 1.66. The van der Waals surface area contributed by atoms with Gasteiger partial charge in [0.25, 0.3) is 0 Å². The summed E-state index contributed by atoms with van der Waals surface area (Å²) in [7, 11) is 0. The molecule has 6 nitrogen and oxygen atoms in total. The Hall–Kier alpha value is -1.66. The number of anilines is 2. The van der Waals surface area contributed by atoms with Crippen LogP contribution in [0.3, 0.4) is 0 Å². The minimum atomic E-state index is -0.134. The van der Waals surface area contributed by atoms with Crippen molar-refractivity contribution >= 4 is 17.4 Å². The largest absolute Gasteiger partial charge is 0.378 e.